The lowest BCUT2D eigenvalue weighted by Gasteiger charge is -2.12. The highest BCUT2D eigenvalue weighted by molar-refractivity contribution is 5.58. The molecule has 3 N–H and O–H groups in total. The first kappa shape index (κ1) is 11.2. The average molecular weight is 226 g/mol. The third-order valence-electron chi connectivity index (χ3n) is 3.14. The zero-order valence-electron chi connectivity index (χ0n) is 9.21. The summed E-state index contributed by atoms with van der Waals surface area (Å²) in [4.78, 5) is 0. The summed E-state index contributed by atoms with van der Waals surface area (Å²) in [7, 11) is 0. The van der Waals surface area contributed by atoms with Crippen molar-refractivity contribution in [1.82, 2.24) is 0 Å². The molecule has 1 aliphatic rings. The molecule has 16 heavy (non-hydrogen) atoms. The normalized spacial score (nSPS) is 23.5. The Morgan fingerprint density at radius 3 is 2.75 bits per heavy atom. The van der Waals surface area contributed by atoms with E-state index in [0.29, 0.717) is 17.3 Å². The molecule has 0 radical (unpaired) electrons. The van der Waals surface area contributed by atoms with E-state index in [4.69, 9.17) is 5.73 Å². The standard InChI is InChI=1S/C12H16F2N2/c1-7-4-8(7)6-16-11-3-2-9(15)5-10(11)12(13)14/h2-3,5,7-8,12,16H,4,6,15H2,1H3. The van der Waals surface area contributed by atoms with Crippen molar-refractivity contribution in [3.8, 4) is 0 Å². The van der Waals surface area contributed by atoms with Crippen molar-refractivity contribution < 1.29 is 8.78 Å². The third kappa shape index (κ3) is 2.43. The molecule has 0 spiro atoms. The summed E-state index contributed by atoms with van der Waals surface area (Å²) >= 11 is 0. The predicted molar refractivity (Wildman–Crippen MR) is 61.6 cm³/mol. The van der Waals surface area contributed by atoms with Crippen molar-refractivity contribution in [1.29, 1.82) is 0 Å². The number of anilines is 2. The van der Waals surface area contributed by atoms with Crippen LogP contribution in [0.2, 0.25) is 0 Å². The number of alkyl halides is 2. The number of nitrogens with two attached hydrogens (primary N) is 1. The molecule has 0 bridgehead atoms. The Bertz CT molecular complexity index is 379. The van der Waals surface area contributed by atoms with Gasteiger partial charge in [-0.1, -0.05) is 6.92 Å². The van der Waals surface area contributed by atoms with Crippen LogP contribution in [0, 0.1) is 11.8 Å². The van der Waals surface area contributed by atoms with E-state index in [1.807, 2.05) is 0 Å². The fraction of sp³-hybridized carbons (Fsp3) is 0.500. The Balaban J connectivity index is 2.06. The maximum atomic E-state index is 12.7. The molecule has 2 atom stereocenters. The Morgan fingerprint density at radius 2 is 2.19 bits per heavy atom. The number of rotatable bonds is 4. The molecule has 2 unspecified atom stereocenters. The van der Waals surface area contributed by atoms with Gasteiger partial charge in [0, 0.05) is 23.5 Å². The van der Waals surface area contributed by atoms with Crippen molar-refractivity contribution in [3.05, 3.63) is 23.8 Å². The van der Waals surface area contributed by atoms with E-state index in [2.05, 4.69) is 12.2 Å². The minimum atomic E-state index is -2.48. The van der Waals surface area contributed by atoms with Crippen molar-refractivity contribution >= 4 is 11.4 Å². The molecule has 1 aromatic carbocycles. The zero-order chi connectivity index (χ0) is 11.7. The summed E-state index contributed by atoms with van der Waals surface area (Å²) in [5, 5.41) is 3.08. The molecule has 0 aromatic heterocycles. The molecule has 0 saturated heterocycles. The van der Waals surface area contributed by atoms with Crippen LogP contribution in [0.1, 0.15) is 25.3 Å². The summed E-state index contributed by atoms with van der Waals surface area (Å²) in [6.45, 7) is 2.94. The predicted octanol–water partition coefficient (Wildman–Crippen LogP) is 3.27. The van der Waals surface area contributed by atoms with E-state index in [-0.39, 0.29) is 5.56 Å². The number of benzene rings is 1. The molecule has 0 amide bonds. The number of halogens is 2. The number of hydrogen-bond acceptors (Lipinski definition) is 2. The summed E-state index contributed by atoms with van der Waals surface area (Å²) in [5.74, 6) is 1.35. The van der Waals surface area contributed by atoms with E-state index < -0.39 is 6.43 Å². The number of nitrogens with one attached hydrogen (secondary N) is 1. The van der Waals surface area contributed by atoms with Gasteiger partial charge in [0.15, 0.2) is 0 Å². The van der Waals surface area contributed by atoms with Gasteiger partial charge in [0.2, 0.25) is 0 Å². The molecule has 2 rings (SSSR count). The Hall–Kier alpha value is -1.32. The van der Waals surface area contributed by atoms with Crippen molar-refractivity contribution in [3.63, 3.8) is 0 Å². The molecule has 2 nitrogen and oxygen atoms in total. The van der Waals surface area contributed by atoms with Gasteiger partial charge < -0.3 is 11.1 Å². The summed E-state index contributed by atoms with van der Waals surface area (Å²) in [6, 6.07) is 4.61. The number of nitrogen functional groups attached to an aromatic ring is 1. The SMILES string of the molecule is CC1CC1CNc1ccc(N)cc1C(F)F. The molecule has 0 aliphatic heterocycles. The maximum absolute atomic E-state index is 12.7. The lowest BCUT2D eigenvalue weighted by Crippen LogP contribution is -2.07. The van der Waals surface area contributed by atoms with Crippen LogP contribution < -0.4 is 11.1 Å². The quantitative estimate of drug-likeness (QED) is 0.773. The summed E-state index contributed by atoms with van der Waals surface area (Å²) in [5.41, 5.74) is 6.37. The second-order valence-electron chi connectivity index (χ2n) is 4.50. The van der Waals surface area contributed by atoms with Crippen LogP contribution in [-0.2, 0) is 0 Å². The summed E-state index contributed by atoms with van der Waals surface area (Å²) < 4.78 is 25.5. The molecule has 1 aromatic rings. The van der Waals surface area contributed by atoms with Crippen LogP contribution in [0.5, 0.6) is 0 Å². The topological polar surface area (TPSA) is 38.0 Å². The first-order valence-electron chi connectivity index (χ1n) is 5.49. The van der Waals surface area contributed by atoms with Crippen LogP contribution >= 0.6 is 0 Å². The molecular weight excluding hydrogens is 210 g/mol. The van der Waals surface area contributed by atoms with E-state index >= 15 is 0 Å². The van der Waals surface area contributed by atoms with E-state index in [9.17, 15) is 8.78 Å². The minimum absolute atomic E-state index is 0.00620. The van der Waals surface area contributed by atoms with Crippen LogP contribution in [0.4, 0.5) is 20.2 Å². The molecule has 1 fully saturated rings. The second-order valence-corrected chi connectivity index (χ2v) is 4.50. The molecular formula is C12H16F2N2. The maximum Gasteiger partial charge on any atom is 0.265 e. The number of hydrogen-bond donors (Lipinski definition) is 2. The highest BCUT2D eigenvalue weighted by atomic mass is 19.3. The fourth-order valence-electron chi connectivity index (χ4n) is 1.85. The van der Waals surface area contributed by atoms with Gasteiger partial charge in [0.05, 0.1) is 0 Å². The lowest BCUT2D eigenvalue weighted by atomic mass is 10.1. The molecule has 4 heteroatoms. The highest BCUT2D eigenvalue weighted by Crippen LogP contribution is 2.38. The van der Waals surface area contributed by atoms with Crippen LogP contribution in [0.15, 0.2) is 18.2 Å². The van der Waals surface area contributed by atoms with E-state index in [1.165, 1.54) is 12.5 Å². The lowest BCUT2D eigenvalue weighted by molar-refractivity contribution is 0.152. The monoisotopic (exact) mass is 226 g/mol. The highest BCUT2D eigenvalue weighted by Gasteiger charge is 2.32. The largest absolute Gasteiger partial charge is 0.399 e. The van der Waals surface area contributed by atoms with Gasteiger partial charge in [-0.2, -0.15) is 0 Å². The molecule has 1 aliphatic carbocycles. The fourth-order valence-corrected chi connectivity index (χ4v) is 1.85. The van der Waals surface area contributed by atoms with Gasteiger partial charge in [-0.25, -0.2) is 8.78 Å². The van der Waals surface area contributed by atoms with Crippen LogP contribution in [-0.4, -0.2) is 6.54 Å². The van der Waals surface area contributed by atoms with Gasteiger partial charge in [-0.15, -0.1) is 0 Å². The van der Waals surface area contributed by atoms with Gasteiger partial charge in [0.25, 0.3) is 6.43 Å². The van der Waals surface area contributed by atoms with Crippen molar-refractivity contribution in [2.75, 3.05) is 17.6 Å². The Labute approximate surface area is 93.8 Å². The van der Waals surface area contributed by atoms with E-state index in [0.717, 1.165) is 12.5 Å². The van der Waals surface area contributed by atoms with Crippen molar-refractivity contribution in [2.24, 2.45) is 11.8 Å². The van der Waals surface area contributed by atoms with Gasteiger partial charge in [-0.05, 0) is 36.5 Å². The van der Waals surface area contributed by atoms with Crippen LogP contribution in [0.25, 0.3) is 0 Å². The third-order valence-corrected chi connectivity index (χ3v) is 3.14. The van der Waals surface area contributed by atoms with Crippen molar-refractivity contribution in [2.45, 2.75) is 19.8 Å². The molecule has 88 valence electrons. The van der Waals surface area contributed by atoms with Gasteiger partial charge in [-0.3, -0.25) is 0 Å². The molecule has 1 saturated carbocycles. The van der Waals surface area contributed by atoms with Gasteiger partial charge in [0.1, 0.15) is 0 Å². The van der Waals surface area contributed by atoms with E-state index in [1.54, 1.807) is 12.1 Å². The first-order chi connectivity index (χ1) is 7.58. The van der Waals surface area contributed by atoms with Crippen LogP contribution in [0.3, 0.4) is 0 Å². The second kappa shape index (κ2) is 4.28. The average Bonchev–Trinajstić information content (AvgIpc) is 2.92. The molecule has 0 heterocycles. The first-order valence-corrected chi connectivity index (χ1v) is 5.49. The van der Waals surface area contributed by atoms with Gasteiger partial charge >= 0.3 is 0 Å². The Kier molecular flexibility index (Phi) is 2.99. The smallest absolute Gasteiger partial charge is 0.265 e. The Morgan fingerprint density at radius 1 is 1.50 bits per heavy atom. The summed E-state index contributed by atoms with van der Waals surface area (Å²) in [6.07, 6.45) is -1.30. The minimum Gasteiger partial charge on any atom is -0.399 e. The zero-order valence-corrected chi connectivity index (χ0v) is 9.21.